The lowest BCUT2D eigenvalue weighted by Crippen LogP contribution is -2.18. The lowest BCUT2D eigenvalue weighted by molar-refractivity contribution is -0.116. The number of nitrogens with zero attached hydrogens (tertiary/aromatic N) is 2. The van der Waals surface area contributed by atoms with Crippen molar-refractivity contribution in [2.45, 2.75) is 19.9 Å². The zero-order valence-electron chi connectivity index (χ0n) is 15.1. The molecule has 0 bridgehead atoms. The molecule has 7 heteroatoms. The molecule has 7 nitrogen and oxygen atoms in total. The minimum absolute atomic E-state index is 0.151. The van der Waals surface area contributed by atoms with Gasteiger partial charge < -0.3 is 10.1 Å². The Kier molecular flexibility index (Phi) is 5.30. The van der Waals surface area contributed by atoms with Crippen molar-refractivity contribution in [2.24, 2.45) is 0 Å². The van der Waals surface area contributed by atoms with Gasteiger partial charge >= 0.3 is 5.97 Å². The topological polar surface area (TPSA) is 90.3 Å². The number of esters is 1. The molecule has 1 heterocycles. The van der Waals surface area contributed by atoms with Gasteiger partial charge in [0, 0.05) is 17.5 Å². The van der Waals surface area contributed by atoms with Gasteiger partial charge in [0.15, 0.2) is 0 Å². The average molecular weight is 365 g/mol. The first-order chi connectivity index (χ1) is 13.0. The summed E-state index contributed by atoms with van der Waals surface area (Å²) in [6, 6.07) is 12.2. The molecule has 0 atom stereocenters. The molecule has 138 valence electrons. The van der Waals surface area contributed by atoms with Crippen molar-refractivity contribution < 1.29 is 14.3 Å². The van der Waals surface area contributed by atoms with E-state index in [1.807, 2.05) is 6.07 Å². The number of hydrogen-bond acceptors (Lipinski definition) is 5. The Bertz CT molecular complexity index is 1070. The molecule has 3 aromatic rings. The Morgan fingerprint density at radius 3 is 2.70 bits per heavy atom. The van der Waals surface area contributed by atoms with Crippen molar-refractivity contribution in [3.8, 4) is 0 Å². The molecule has 0 unspecified atom stereocenters. The van der Waals surface area contributed by atoms with Gasteiger partial charge in [0.2, 0.25) is 11.3 Å². The number of aryl methyl sites for hydroxylation is 1. The second kappa shape index (κ2) is 7.82. The normalized spacial score (nSPS) is 10.6. The lowest BCUT2D eigenvalue weighted by atomic mass is 10.1. The Morgan fingerprint density at radius 1 is 1.15 bits per heavy atom. The number of benzene rings is 2. The van der Waals surface area contributed by atoms with Gasteiger partial charge in [-0.15, -0.1) is 0 Å². The Labute approximate surface area is 155 Å². The van der Waals surface area contributed by atoms with E-state index in [9.17, 15) is 14.4 Å². The number of rotatable bonds is 5. The van der Waals surface area contributed by atoms with Crippen molar-refractivity contribution in [1.29, 1.82) is 0 Å². The molecule has 27 heavy (non-hydrogen) atoms. The standard InChI is InChI=1S/C20H19N3O4/c1-13-14(20(26)27-2)7-5-8-16(13)22-19(25)10-11-23-17-9-4-3-6-15(17)18(24)12-21-23/h3-9,12H,10-11H2,1-2H3,(H,22,25). The van der Waals surface area contributed by atoms with E-state index in [2.05, 4.69) is 10.4 Å². The third-order valence-corrected chi connectivity index (χ3v) is 4.33. The molecule has 0 aliphatic rings. The van der Waals surface area contributed by atoms with E-state index in [1.165, 1.54) is 13.3 Å². The number of carbonyl (C=O) groups is 2. The minimum atomic E-state index is -0.451. The number of hydrogen-bond donors (Lipinski definition) is 1. The Hall–Kier alpha value is -3.48. The monoisotopic (exact) mass is 365 g/mol. The molecule has 0 spiro atoms. The van der Waals surface area contributed by atoms with Gasteiger partial charge in [-0.1, -0.05) is 18.2 Å². The third-order valence-electron chi connectivity index (χ3n) is 4.33. The molecule has 0 fully saturated rings. The summed E-state index contributed by atoms with van der Waals surface area (Å²) in [7, 11) is 1.31. The number of aromatic nitrogens is 2. The number of methoxy groups -OCH3 is 1. The van der Waals surface area contributed by atoms with Gasteiger partial charge in [-0.3, -0.25) is 14.3 Å². The lowest BCUT2D eigenvalue weighted by Gasteiger charge is -2.12. The highest BCUT2D eigenvalue weighted by Gasteiger charge is 2.13. The summed E-state index contributed by atoms with van der Waals surface area (Å²) in [4.78, 5) is 36.0. The second-order valence-electron chi connectivity index (χ2n) is 6.02. The molecule has 3 rings (SSSR count). The van der Waals surface area contributed by atoms with E-state index >= 15 is 0 Å². The predicted octanol–water partition coefficient (Wildman–Crippen LogP) is 2.52. The fourth-order valence-corrected chi connectivity index (χ4v) is 2.86. The summed E-state index contributed by atoms with van der Waals surface area (Å²) in [5.74, 6) is -0.669. The van der Waals surface area contributed by atoms with E-state index in [0.29, 0.717) is 34.3 Å². The van der Waals surface area contributed by atoms with Gasteiger partial charge in [0.25, 0.3) is 0 Å². The summed E-state index contributed by atoms with van der Waals surface area (Å²) in [5.41, 5.74) is 2.14. The van der Waals surface area contributed by atoms with Crippen LogP contribution in [0.4, 0.5) is 5.69 Å². The number of nitrogens with one attached hydrogen (secondary N) is 1. The first-order valence-electron chi connectivity index (χ1n) is 8.44. The highest BCUT2D eigenvalue weighted by atomic mass is 16.5. The first kappa shape index (κ1) is 18.3. The highest BCUT2D eigenvalue weighted by Crippen LogP contribution is 2.20. The maximum atomic E-state index is 12.4. The van der Waals surface area contributed by atoms with E-state index in [0.717, 1.165) is 0 Å². The van der Waals surface area contributed by atoms with Crippen LogP contribution >= 0.6 is 0 Å². The molecule has 0 saturated heterocycles. The van der Waals surface area contributed by atoms with Crippen LogP contribution in [-0.4, -0.2) is 28.8 Å². The van der Waals surface area contributed by atoms with Crippen molar-refractivity contribution in [3.05, 3.63) is 70.0 Å². The largest absolute Gasteiger partial charge is 0.465 e. The Morgan fingerprint density at radius 2 is 1.93 bits per heavy atom. The fourth-order valence-electron chi connectivity index (χ4n) is 2.86. The van der Waals surface area contributed by atoms with Crippen LogP contribution in [0, 0.1) is 6.92 Å². The van der Waals surface area contributed by atoms with Crippen LogP contribution in [0.25, 0.3) is 10.9 Å². The molecular formula is C20H19N3O4. The number of ether oxygens (including phenoxy) is 1. The van der Waals surface area contributed by atoms with Crippen LogP contribution in [0.15, 0.2) is 53.5 Å². The van der Waals surface area contributed by atoms with Gasteiger partial charge in [-0.25, -0.2) is 4.79 Å². The summed E-state index contributed by atoms with van der Waals surface area (Å²) in [5, 5.41) is 7.49. The van der Waals surface area contributed by atoms with Crippen LogP contribution in [0.3, 0.4) is 0 Å². The molecule has 1 aromatic heterocycles. The van der Waals surface area contributed by atoms with Crippen LogP contribution in [0.5, 0.6) is 0 Å². The van der Waals surface area contributed by atoms with Gasteiger partial charge in [-0.05, 0) is 36.8 Å². The van der Waals surface area contributed by atoms with Crippen LogP contribution in [0.2, 0.25) is 0 Å². The minimum Gasteiger partial charge on any atom is -0.465 e. The number of amides is 1. The van der Waals surface area contributed by atoms with Crippen LogP contribution < -0.4 is 10.7 Å². The third kappa shape index (κ3) is 3.87. The average Bonchev–Trinajstić information content (AvgIpc) is 2.69. The maximum Gasteiger partial charge on any atom is 0.338 e. The fraction of sp³-hybridized carbons (Fsp3) is 0.200. The van der Waals surface area contributed by atoms with Gasteiger partial charge in [0.05, 0.1) is 30.9 Å². The zero-order chi connectivity index (χ0) is 19.4. The quantitative estimate of drug-likeness (QED) is 0.702. The summed E-state index contributed by atoms with van der Waals surface area (Å²) in [6.45, 7) is 2.07. The maximum absolute atomic E-state index is 12.4. The number of fused-ring (bicyclic) bond motifs is 1. The summed E-state index contributed by atoms with van der Waals surface area (Å²) >= 11 is 0. The number of anilines is 1. The molecule has 0 aliphatic heterocycles. The number of carbonyl (C=O) groups excluding carboxylic acids is 2. The first-order valence-corrected chi connectivity index (χ1v) is 8.44. The molecule has 1 amide bonds. The van der Waals surface area contributed by atoms with Crippen molar-refractivity contribution in [1.82, 2.24) is 9.78 Å². The molecule has 0 saturated carbocycles. The van der Waals surface area contributed by atoms with E-state index < -0.39 is 5.97 Å². The molecular weight excluding hydrogens is 346 g/mol. The zero-order valence-corrected chi connectivity index (χ0v) is 15.1. The van der Waals surface area contributed by atoms with E-state index in [4.69, 9.17) is 4.74 Å². The van der Waals surface area contributed by atoms with Crippen LogP contribution in [-0.2, 0) is 16.1 Å². The molecule has 1 N–H and O–H groups in total. The second-order valence-corrected chi connectivity index (χ2v) is 6.02. The molecule has 2 aromatic carbocycles. The summed E-state index contributed by atoms with van der Waals surface area (Å²) in [6.07, 6.45) is 1.42. The summed E-state index contributed by atoms with van der Waals surface area (Å²) < 4.78 is 6.38. The predicted molar refractivity (Wildman–Crippen MR) is 102 cm³/mol. The molecule has 0 radical (unpaired) electrons. The van der Waals surface area contributed by atoms with Crippen molar-refractivity contribution in [2.75, 3.05) is 12.4 Å². The smallest absolute Gasteiger partial charge is 0.338 e. The van der Waals surface area contributed by atoms with Gasteiger partial charge in [-0.2, -0.15) is 5.10 Å². The Balaban J connectivity index is 1.74. The van der Waals surface area contributed by atoms with Gasteiger partial charge in [0.1, 0.15) is 0 Å². The van der Waals surface area contributed by atoms with E-state index in [1.54, 1.807) is 48.0 Å². The van der Waals surface area contributed by atoms with E-state index in [-0.39, 0.29) is 17.8 Å². The van der Waals surface area contributed by atoms with Crippen molar-refractivity contribution in [3.63, 3.8) is 0 Å². The SMILES string of the molecule is COC(=O)c1cccc(NC(=O)CCn2ncc(=O)c3ccccc32)c1C. The highest BCUT2D eigenvalue weighted by molar-refractivity contribution is 5.96. The number of para-hydroxylation sites is 1. The molecule has 0 aliphatic carbocycles. The van der Waals surface area contributed by atoms with Crippen molar-refractivity contribution >= 4 is 28.5 Å². The van der Waals surface area contributed by atoms with Crippen LogP contribution in [0.1, 0.15) is 22.3 Å².